The number of aromatic nitrogens is 2. The molecule has 0 unspecified atom stereocenters. The van der Waals surface area contributed by atoms with Gasteiger partial charge in [0.25, 0.3) is 0 Å². The summed E-state index contributed by atoms with van der Waals surface area (Å²) < 4.78 is 25.7. The summed E-state index contributed by atoms with van der Waals surface area (Å²) in [6, 6.07) is -0.498. The van der Waals surface area contributed by atoms with Crippen molar-refractivity contribution in [1.82, 2.24) is 19.6 Å². The average Bonchev–Trinajstić information content (AvgIpc) is 2.97. The van der Waals surface area contributed by atoms with E-state index in [4.69, 9.17) is 0 Å². The third-order valence-corrected chi connectivity index (χ3v) is 4.00. The predicted octanol–water partition coefficient (Wildman–Crippen LogP) is -1.39. The molecule has 1 aromatic rings. The van der Waals surface area contributed by atoms with Gasteiger partial charge >= 0.3 is 0 Å². The minimum absolute atomic E-state index is 0.120. The van der Waals surface area contributed by atoms with Crippen LogP contribution in [-0.2, 0) is 14.8 Å². The largest absolute Gasteiger partial charge is 0.389 e. The lowest BCUT2D eigenvalue weighted by atomic mass is 10.1. The standard InChI is InChI=1S/C11H18N4O4S/c1-20(18,19)13-6-10(16)14-8-2-3-9(11(8)17)15-5-4-12-7-15/h4-5,7-9,11,13,17H,2-3,6H2,1H3,(H,14,16)/t8-,9-,11-/m1/s1. The molecular formula is C11H18N4O4S. The molecule has 3 atom stereocenters. The Balaban J connectivity index is 1.87. The topological polar surface area (TPSA) is 113 Å². The van der Waals surface area contributed by atoms with Crippen LogP contribution in [0.3, 0.4) is 0 Å². The van der Waals surface area contributed by atoms with Crippen LogP contribution in [0, 0.1) is 0 Å². The number of nitrogens with zero attached hydrogens (tertiary/aromatic N) is 2. The van der Waals surface area contributed by atoms with Crippen molar-refractivity contribution in [2.45, 2.75) is 31.0 Å². The first-order chi connectivity index (χ1) is 9.37. The van der Waals surface area contributed by atoms with E-state index in [0.29, 0.717) is 6.42 Å². The first kappa shape index (κ1) is 14.9. The Labute approximate surface area is 117 Å². The summed E-state index contributed by atoms with van der Waals surface area (Å²) in [6.45, 7) is -0.322. The van der Waals surface area contributed by atoms with Gasteiger partial charge in [-0.1, -0.05) is 0 Å². The van der Waals surface area contributed by atoms with E-state index in [0.717, 1.165) is 12.7 Å². The minimum Gasteiger partial charge on any atom is -0.389 e. The first-order valence-corrected chi connectivity index (χ1v) is 8.15. The quantitative estimate of drug-likeness (QED) is 0.620. The Morgan fingerprint density at radius 3 is 2.85 bits per heavy atom. The van der Waals surface area contributed by atoms with Gasteiger partial charge in [0.05, 0.1) is 37.3 Å². The number of hydrogen-bond donors (Lipinski definition) is 3. The average molecular weight is 302 g/mol. The Hall–Kier alpha value is -1.45. The Bertz CT molecular complexity index is 557. The highest BCUT2D eigenvalue weighted by atomic mass is 32.2. The molecule has 1 aromatic heterocycles. The van der Waals surface area contributed by atoms with Crippen molar-refractivity contribution >= 4 is 15.9 Å². The smallest absolute Gasteiger partial charge is 0.235 e. The number of sulfonamides is 1. The molecule has 0 bridgehead atoms. The van der Waals surface area contributed by atoms with E-state index in [2.05, 4.69) is 15.0 Å². The summed E-state index contributed by atoms with van der Waals surface area (Å²) in [4.78, 5) is 15.5. The number of imidazole rings is 1. The predicted molar refractivity (Wildman–Crippen MR) is 71.3 cm³/mol. The zero-order valence-electron chi connectivity index (χ0n) is 11.1. The first-order valence-electron chi connectivity index (χ1n) is 6.26. The van der Waals surface area contributed by atoms with Crippen LogP contribution in [0.25, 0.3) is 0 Å². The summed E-state index contributed by atoms with van der Waals surface area (Å²) in [5.41, 5.74) is 0. The normalized spacial score (nSPS) is 26.6. The molecule has 1 aliphatic rings. The van der Waals surface area contributed by atoms with E-state index in [1.165, 1.54) is 0 Å². The number of carbonyl (C=O) groups excluding carboxylic acids is 1. The van der Waals surface area contributed by atoms with Gasteiger partial charge in [0.1, 0.15) is 0 Å². The van der Waals surface area contributed by atoms with Crippen molar-refractivity contribution < 1.29 is 18.3 Å². The van der Waals surface area contributed by atoms with Crippen LogP contribution >= 0.6 is 0 Å². The maximum absolute atomic E-state index is 11.6. The third kappa shape index (κ3) is 3.78. The fraction of sp³-hybridized carbons (Fsp3) is 0.636. The molecular weight excluding hydrogens is 284 g/mol. The third-order valence-electron chi connectivity index (χ3n) is 3.33. The highest BCUT2D eigenvalue weighted by molar-refractivity contribution is 7.88. The number of hydrogen-bond acceptors (Lipinski definition) is 5. The summed E-state index contributed by atoms with van der Waals surface area (Å²) >= 11 is 0. The van der Waals surface area contributed by atoms with E-state index in [1.54, 1.807) is 18.7 Å². The van der Waals surface area contributed by atoms with Gasteiger partial charge in [0.2, 0.25) is 15.9 Å². The molecule has 3 N–H and O–H groups in total. The van der Waals surface area contributed by atoms with E-state index in [-0.39, 0.29) is 18.6 Å². The van der Waals surface area contributed by atoms with Crippen molar-refractivity contribution in [2.24, 2.45) is 0 Å². The van der Waals surface area contributed by atoms with Gasteiger partial charge in [-0.3, -0.25) is 4.79 Å². The fourth-order valence-corrected chi connectivity index (χ4v) is 2.76. The molecule has 0 spiro atoms. The number of aliphatic hydroxyl groups is 1. The number of carbonyl (C=O) groups is 1. The number of aliphatic hydroxyl groups excluding tert-OH is 1. The van der Waals surface area contributed by atoms with E-state index in [1.807, 2.05) is 4.57 Å². The lowest BCUT2D eigenvalue weighted by molar-refractivity contribution is -0.121. The van der Waals surface area contributed by atoms with Gasteiger partial charge in [-0.05, 0) is 12.8 Å². The van der Waals surface area contributed by atoms with Crippen LogP contribution < -0.4 is 10.0 Å². The number of amides is 1. The van der Waals surface area contributed by atoms with Crippen molar-refractivity contribution in [3.63, 3.8) is 0 Å². The highest BCUT2D eigenvalue weighted by Crippen LogP contribution is 2.30. The SMILES string of the molecule is CS(=O)(=O)NCC(=O)N[C@@H]1CC[C@@H](n2ccnc2)[C@@H]1O. The molecule has 9 heteroatoms. The zero-order valence-corrected chi connectivity index (χ0v) is 11.9. The van der Waals surface area contributed by atoms with E-state index >= 15 is 0 Å². The minimum atomic E-state index is -3.40. The monoisotopic (exact) mass is 302 g/mol. The fourth-order valence-electron chi connectivity index (χ4n) is 2.36. The van der Waals surface area contributed by atoms with Gasteiger partial charge < -0.3 is 15.0 Å². The van der Waals surface area contributed by atoms with E-state index in [9.17, 15) is 18.3 Å². The molecule has 1 amide bonds. The molecule has 0 aliphatic heterocycles. The Morgan fingerprint density at radius 2 is 2.25 bits per heavy atom. The lowest BCUT2D eigenvalue weighted by Gasteiger charge is -2.21. The Kier molecular flexibility index (Phi) is 4.41. The van der Waals surface area contributed by atoms with Crippen LogP contribution in [-0.4, -0.2) is 53.9 Å². The molecule has 0 radical (unpaired) electrons. The lowest BCUT2D eigenvalue weighted by Crippen LogP contribution is -2.46. The maximum Gasteiger partial charge on any atom is 0.235 e. The Morgan fingerprint density at radius 1 is 1.50 bits per heavy atom. The molecule has 1 fully saturated rings. The van der Waals surface area contributed by atoms with Gasteiger partial charge in [0.15, 0.2) is 0 Å². The molecule has 2 rings (SSSR count). The van der Waals surface area contributed by atoms with Gasteiger partial charge in [-0.2, -0.15) is 0 Å². The second-order valence-corrected chi connectivity index (χ2v) is 6.75. The van der Waals surface area contributed by atoms with Gasteiger partial charge in [-0.15, -0.1) is 0 Å². The summed E-state index contributed by atoms with van der Waals surface area (Å²) in [6.07, 6.45) is 6.66. The number of nitrogens with one attached hydrogen (secondary N) is 2. The van der Waals surface area contributed by atoms with Crippen LogP contribution in [0.2, 0.25) is 0 Å². The van der Waals surface area contributed by atoms with Crippen molar-refractivity contribution in [2.75, 3.05) is 12.8 Å². The van der Waals surface area contributed by atoms with Crippen LogP contribution in [0.15, 0.2) is 18.7 Å². The molecule has 1 heterocycles. The van der Waals surface area contributed by atoms with Crippen LogP contribution in [0.4, 0.5) is 0 Å². The molecule has 0 aromatic carbocycles. The molecule has 20 heavy (non-hydrogen) atoms. The molecule has 0 saturated heterocycles. The molecule has 1 saturated carbocycles. The van der Waals surface area contributed by atoms with Crippen molar-refractivity contribution in [3.8, 4) is 0 Å². The zero-order chi connectivity index (χ0) is 14.8. The molecule has 112 valence electrons. The van der Waals surface area contributed by atoms with Crippen LogP contribution in [0.1, 0.15) is 18.9 Å². The highest BCUT2D eigenvalue weighted by Gasteiger charge is 2.36. The van der Waals surface area contributed by atoms with Crippen molar-refractivity contribution in [1.29, 1.82) is 0 Å². The summed E-state index contributed by atoms with van der Waals surface area (Å²) in [5.74, 6) is -0.453. The van der Waals surface area contributed by atoms with Crippen molar-refractivity contribution in [3.05, 3.63) is 18.7 Å². The van der Waals surface area contributed by atoms with Gasteiger partial charge in [0, 0.05) is 12.4 Å². The second kappa shape index (κ2) is 5.90. The van der Waals surface area contributed by atoms with Gasteiger partial charge in [-0.25, -0.2) is 18.1 Å². The summed E-state index contributed by atoms with van der Waals surface area (Å²) in [5, 5.41) is 12.8. The second-order valence-electron chi connectivity index (χ2n) is 4.91. The molecule has 1 aliphatic carbocycles. The van der Waals surface area contributed by atoms with E-state index < -0.39 is 22.0 Å². The maximum atomic E-state index is 11.6. The summed E-state index contributed by atoms with van der Waals surface area (Å²) in [7, 11) is -3.40. The van der Waals surface area contributed by atoms with Crippen LogP contribution in [0.5, 0.6) is 0 Å². The molecule has 8 nitrogen and oxygen atoms in total. The number of rotatable bonds is 5.